The summed E-state index contributed by atoms with van der Waals surface area (Å²) in [5.74, 6) is 4.60. The van der Waals surface area contributed by atoms with Crippen molar-refractivity contribution in [1.29, 1.82) is 0 Å². The lowest BCUT2D eigenvalue weighted by molar-refractivity contribution is -0.117. The molecule has 100 valence electrons. The zero-order valence-electron chi connectivity index (χ0n) is 10.7. The molecule has 0 heterocycles. The van der Waals surface area contributed by atoms with Gasteiger partial charge in [-0.1, -0.05) is 17.9 Å². The summed E-state index contributed by atoms with van der Waals surface area (Å²) in [5.41, 5.74) is 6.89. The van der Waals surface area contributed by atoms with Crippen molar-refractivity contribution in [3.8, 4) is 11.8 Å². The van der Waals surface area contributed by atoms with Crippen molar-refractivity contribution in [2.24, 2.45) is 5.73 Å². The van der Waals surface area contributed by atoms with E-state index in [1.807, 2.05) is 6.92 Å². The molecule has 0 aliphatic heterocycles. The average Bonchev–Trinajstić information content (AvgIpc) is 2.36. The molecule has 1 rings (SSSR count). The second-order valence-corrected chi connectivity index (χ2v) is 3.97. The van der Waals surface area contributed by atoms with Crippen molar-refractivity contribution in [2.75, 3.05) is 13.2 Å². The Bertz CT molecular complexity index is 541. The third-order valence-electron chi connectivity index (χ3n) is 2.30. The second-order valence-electron chi connectivity index (χ2n) is 3.97. The van der Waals surface area contributed by atoms with Crippen LogP contribution in [0.15, 0.2) is 18.2 Å². The largest absolute Gasteiger partial charge is 0.395 e. The third-order valence-corrected chi connectivity index (χ3v) is 2.30. The molecule has 2 amide bonds. The lowest BCUT2D eigenvalue weighted by Gasteiger charge is -2.06. The average molecular weight is 260 g/mol. The molecule has 1 aromatic carbocycles. The number of hydrogen-bond donors (Lipinski definition) is 3. The number of rotatable bonds is 4. The van der Waals surface area contributed by atoms with Crippen molar-refractivity contribution in [2.45, 2.75) is 13.3 Å². The van der Waals surface area contributed by atoms with Gasteiger partial charge in [0.1, 0.15) is 0 Å². The number of carbonyl (C=O) groups excluding carboxylic acids is 2. The van der Waals surface area contributed by atoms with Crippen LogP contribution in [0.25, 0.3) is 0 Å². The molecule has 1 aromatic rings. The number of amides is 2. The van der Waals surface area contributed by atoms with E-state index in [2.05, 4.69) is 17.2 Å². The first-order valence-electron chi connectivity index (χ1n) is 5.81. The molecule has 0 aromatic heterocycles. The van der Waals surface area contributed by atoms with Crippen LogP contribution >= 0.6 is 0 Å². The number of hydrogen-bond acceptors (Lipinski definition) is 3. The van der Waals surface area contributed by atoms with Crippen LogP contribution in [0.1, 0.15) is 27.9 Å². The fourth-order valence-electron chi connectivity index (χ4n) is 1.44. The summed E-state index contributed by atoms with van der Waals surface area (Å²) in [6, 6.07) is 5.22. The molecule has 5 nitrogen and oxygen atoms in total. The van der Waals surface area contributed by atoms with Crippen LogP contribution in [0.3, 0.4) is 0 Å². The molecular weight excluding hydrogens is 244 g/mol. The Labute approximate surface area is 111 Å². The highest BCUT2D eigenvalue weighted by Crippen LogP contribution is 2.10. The van der Waals surface area contributed by atoms with Gasteiger partial charge in [0, 0.05) is 12.0 Å². The van der Waals surface area contributed by atoms with Gasteiger partial charge in [0.2, 0.25) is 5.91 Å². The van der Waals surface area contributed by atoms with Crippen LogP contribution in [0.5, 0.6) is 0 Å². The first-order chi connectivity index (χ1) is 9.04. The molecule has 4 N–H and O–H groups in total. The molecule has 0 spiro atoms. The zero-order valence-corrected chi connectivity index (χ0v) is 10.7. The van der Waals surface area contributed by atoms with E-state index < -0.39 is 11.8 Å². The molecule has 0 aliphatic rings. The molecule has 5 heteroatoms. The summed E-state index contributed by atoms with van der Waals surface area (Å²) in [5, 5.41) is 11.1. The summed E-state index contributed by atoms with van der Waals surface area (Å²) in [4.78, 5) is 22.5. The van der Waals surface area contributed by atoms with Crippen molar-refractivity contribution in [3.63, 3.8) is 0 Å². The Hall–Kier alpha value is -2.32. The van der Waals surface area contributed by atoms with Crippen LogP contribution in [-0.4, -0.2) is 30.1 Å². The van der Waals surface area contributed by atoms with Crippen LogP contribution in [0.2, 0.25) is 0 Å². The lowest BCUT2D eigenvalue weighted by Crippen LogP contribution is -2.33. The smallest absolute Gasteiger partial charge is 0.252 e. The number of aryl methyl sites for hydroxylation is 1. The number of aliphatic hydroxyl groups is 1. The van der Waals surface area contributed by atoms with Crippen molar-refractivity contribution < 1.29 is 14.7 Å². The van der Waals surface area contributed by atoms with Gasteiger partial charge in [0.15, 0.2) is 0 Å². The summed E-state index contributed by atoms with van der Waals surface area (Å²) in [7, 11) is 0. The zero-order chi connectivity index (χ0) is 14.3. The molecule has 0 bridgehead atoms. The van der Waals surface area contributed by atoms with Gasteiger partial charge in [0.05, 0.1) is 18.7 Å². The third kappa shape index (κ3) is 4.82. The van der Waals surface area contributed by atoms with E-state index in [-0.39, 0.29) is 13.2 Å². The Morgan fingerprint density at radius 1 is 1.42 bits per heavy atom. The summed E-state index contributed by atoms with van der Waals surface area (Å²) in [6.07, 6.45) is 0.344. The molecule has 0 saturated heterocycles. The maximum Gasteiger partial charge on any atom is 0.252 e. The highest BCUT2D eigenvalue weighted by atomic mass is 16.2. The first kappa shape index (κ1) is 14.7. The lowest BCUT2D eigenvalue weighted by atomic mass is 10.0. The molecular formula is C14H16N2O3. The number of aliphatic hydroxyl groups excluding tert-OH is 1. The molecule has 0 radical (unpaired) electrons. The van der Waals surface area contributed by atoms with Gasteiger partial charge in [-0.3, -0.25) is 9.59 Å². The Balaban J connectivity index is 2.96. The molecule has 0 fully saturated rings. The monoisotopic (exact) mass is 260 g/mol. The molecule has 0 saturated carbocycles. The summed E-state index contributed by atoms with van der Waals surface area (Å²) < 4.78 is 0. The fraction of sp³-hybridized carbons (Fsp3) is 0.286. The van der Waals surface area contributed by atoms with E-state index in [0.717, 1.165) is 5.56 Å². The topological polar surface area (TPSA) is 92.4 Å². The predicted molar refractivity (Wildman–Crippen MR) is 71.3 cm³/mol. The maximum absolute atomic E-state index is 11.9. The van der Waals surface area contributed by atoms with Crippen LogP contribution in [0.4, 0.5) is 0 Å². The summed E-state index contributed by atoms with van der Waals surface area (Å²) >= 11 is 0. The second kappa shape index (κ2) is 7.19. The van der Waals surface area contributed by atoms with Crippen molar-refractivity contribution >= 4 is 11.8 Å². The molecule has 19 heavy (non-hydrogen) atoms. The Kier molecular flexibility index (Phi) is 5.58. The number of carbonyl (C=O) groups is 2. The van der Waals surface area contributed by atoms with E-state index in [9.17, 15) is 9.59 Å². The minimum absolute atomic E-state index is 0.0258. The number of nitrogens with one attached hydrogen (secondary N) is 1. The number of benzene rings is 1. The highest BCUT2D eigenvalue weighted by molar-refractivity contribution is 5.98. The quantitative estimate of drug-likeness (QED) is 0.662. The molecule has 0 atom stereocenters. The Morgan fingerprint density at radius 2 is 2.16 bits per heavy atom. The van der Waals surface area contributed by atoms with Crippen LogP contribution < -0.4 is 11.1 Å². The van der Waals surface area contributed by atoms with Crippen LogP contribution in [0, 0.1) is 18.8 Å². The number of nitrogens with two attached hydrogens (primary N) is 1. The van der Waals surface area contributed by atoms with E-state index >= 15 is 0 Å². The Morgan fingerprint density at radius 3 is 2.79 bits per heavy atom. The van der Waals surface area contributed by atoms with E-state index in [1.165, 1.54) is 0 Å². The van der Waals surface area contributed by atoms with Gasteiger partial charge in [-0.25, -0.2) is 0 Å². The minimum Gasteiger partial charge on any atom is -0.395 e. The number of primary amides is 1. The van der Waals surface area contributed by atoms with Crippen LogP contribution in [-0.2, 0) is 4.79 Å². The fourth-order valence-corrected chi connectivity index (χ4v) is 1.44. The normalized spacial score (nSPS) is 9.37. The van der Waals surface area contributed by atoms with Gasteiger partial charge < -0.3 is 16.2 Å². The highest BCUT2D eigenvalue weighted by Gasteiger charge is 2.10. The van der Waals surface area contributed by atoms with Crippen molar-refractivity contribution in [1.82, 2.24) is 5.32 Å². The van der Waals surface area contributed by atoms with Gasteiger partial charge >= 0.3 is 0 Å². The van der Waals surface area contributed by atoms with Gasteiger partial charge in [0.25, 0.3) is 5.91 Å². The minimum atomic E-state index is -0.603. The maximum atomic E-state index is 11.9. The standard InChI is InChI=1S/C14H16N2O3/c1-10-5-6-12(14(19)16-9-13(15)18)11(8-10)4-2-3-7-17/h5-6,8,17H,3,7,9H2,1H3,(H2,15,18)(H,16,19). The first-order valence-corrected chi connectivity index (χ1v) is 5.81. The van der Waals surface area contributed by atoms with Gasteiger partial charge in [-0.05, 0) is 24.6 Å². The van der Waals surface area contributed by atoms with Gasteiger partial charge in [-0.15, -0.1) is 0 Å². The van der Waals surface area contributed by atoms with E-state index in [0.29, 0.717) is 17.5 Å². The van der Waals surface area contributed by atoms with Crippen molar-refractivity contribution in [3.05, 3.63) is 34.9 Å². The van der Waals surface area contributed by atoms with E-state index in [1.54, 1.807) is 18.2 Å². The SMILES string of the molecule is Cc1ccc(C(=O)NCC(N)=O)c(C#CCCO)c1. The predicted octanol–water partition coefficient (Wildman–Crippen LogP) is -0.0560. The molecule has 0 unspecified atom stereocenters. The van der Waals surface area contributed by atoms with E-state index in [4.69, 9.17) is 10.8 Å². The van der Waals surface area contributed by atoms with Gasteiger partial charge in [-0.2, -0.15) is 0 Å². The molecule has 0 aliphatic carbocycles. The summed E-state index contributed by atoms with van der Waals surface area (Å²) in [6.45, 7) is 1.65.